The van der Waals surface area contributed by atoms with Crippen LogP contribution in [0.3, 0.4) is 0 Å². The smallest absolute Gasteiger partial charge is 0.340 e. The lowest BCUT2D eigenvalue weighted by Gasteiger charge is -2.14. The van der Waals surface area contributed by atoms with Crippen molar-refractivity contribution in [1.29, 1.82) is 0 Å². The molecule has 3 rings (SSSR count). The number of aromatic nitrogens is 1. The largest absolute Gasteiger partial charge is 0.462 e. The molecule has 1 heterocycles. The standard InChI is InChI=1S/C22H24N2O4/c1-5-27-22(26)21-18-13-17(28-15(2)25)11-12-19(18)24(20(21)14-23(3)4)16-9-7-6-8-10-16/h6-13H,5,14H2,1-4H3/p+1. The maximum atomic E-state index is 12.9. The van der Waals surface area contributed by atoms with Gasteiger partial charge in [-0.1, -0.05) is 18.2 Å². The third kappa shape index (κ3) is 3.92. The molecule has 6 heteroatoms. The SMILES string of the molecule is CCOC(=O)c1c(C[NH+](C)C)n(-c2ccccc2)c2ccc(OC(C)=O)cc12. The van der Waals surface area contributed by atoms with Crippen LogP contribution >= 0.6 is 0 Å². The number of quaternary nitrogens is 1. The molecule has 28 heavy (non-hydrogen) atoms. The van der Waals surface area contributed by atoms with E-state index in [9.17, 15) is 9.59 Å². The van der Waals surface area contributed by atoms with Gasteiger partial charge in [0.25, 0.3) is 0 Å². The Balaban J connectivity index is 2.35. The van der Waals surface area contributed by atoms with E-state index in [0.717, 1.165) is 16.9 Å². The Morgan fingerprint density at radius 3 is 2.39 bits per heavy atom. The molecule has 1 N–H and O–H groups in total. The molecular formula is C22H25N2O4+. The van der Waals surface area contributed by atoms with Crippen molar-refractivity contribution in [3.05, 3.63) is 59.8 Å². The molecule has 0 radical (unpaired) electrons. The highest BCUT2D eigenvalue weighted by atomic mass is 16.5. The first-order valence-electron chi connectivity index (χ1n) is 9.29. The summed E-state index contributed by atoms with van der Waals surface area (Å²) in [4.78, 5) is 25.4. The summed E-state index contributed by atoms with van der Waals surface area (Å²) in [7, 11) is 4.07. The average Bonchev–Trinajstić information content (AvgIpc) is 2.94. The quantitative estimate of drug-likeness (QED) is 0.526. The lowest BCUT2D eigenvalue weighted by atomic mass is 10.1. The highest BCUT2D eigenvalue weighted by Gasteiger charge is 2.26. The van der Waals surface area contributed by atoms with Crippen LogP contribution in [0, 0.1) is 0 Å². The zero-order chi connectivity index (χ0) is 20.3. The van der Waals surface area contributed by atoms with Gasteiger partial charge in [0.15, 0.2) is 0 Å². The van der Waals surface area contributed by atoms with Crippen LogP contribution in [0.2, 0.25) is 0 Å². The highest BCUT2D eigenvalue weighted by Crippen LogP contribution is 2.33. The van der Waals surface area contributed by atoms with E-state index in [1.54, 1.807) is 19.1 Å². The lowest BCUT2D eigenvalue weighted by molar-refractivity contribution is -0.873. The number of nitrogens with zero attached hydrogens (tertiary/aromatic N) is 1. The van der Waals surface area contributed by atoms with Crippen LogP contribution in [0.5, 0.6) is 5.75 Å². The number of fused-ring (bicyclic) bond motifs is 1. The van der Waals surface area contributed by atoms with E-state index in [1.165, 1.54) is 11.8 Å². The topological polar surface area (TPSA) is 62.0 Å². The molecule has 1 aromatic heterocycles. The fourth-order valence-corrected chi connectivity index (χ4v) is 3.36. The Labute approximate surface area is 164 Å². The molecule has 6 nitrogen and oxygen atoms in total. The number of carbonyl (C=O) groups is 2. The van der Waals surface area contributed by atoms with Gasteiger partial charge in [-0.2, -0.15) is 0 Å². The molecule has 3 aromatic rings. The van der Waals surface area contributed by atoms with Gasteiger partial charge in [-0.15, -0.1) is 0 Å². The Hall–Kier alpha value is -3.12. The van der Waals surface area contributed by atoms with Crippen molar-refractivity contribution in [1.82, 2.24) is 4.57 Å². The first-order chi connectivity index (χ1) is 13.4. The van der Waals surface area contributed by atoms with Crippen LogP contribution in [0.15, 0.2) is 48.5 Å². The van der Waals surface area contributed by atoms with Crippen molar-refractivity contribution in [2.24, 2.45) is 0 Å². The number of hydrogen-bond donors (Lipinski definition) is 1. The number of rotatable bonds is 6. The number of para-hydroxylation sites is 1. The maximum Gasteiger partial charge on any atom is 0.340 e. The van der Waals surface area contributed by atoms with Gasteiger partial charge in [-0.05, 0) is 37.3 Å². The minimum Gasteiger partial charge on any atom is -0.462 e. The van der Waals surface area contributed by atoms with E-state index in [0.29, 0.717) is 23.2 Å². The van der Waals surface area contributed by atoms with Gasteiger partial charge in [0.1, 0.15) is 12.3 Å². The van der Waals surface area contributed by atoms with Crippen molar-refractivity contribution >= 4 is 22.8 Å². The monoisotopic (exact) mass is 381 g/mol. The molecule has 0 amide bonds. The predicted octanol–water partition coefficient (Wildman–Crippen LogP) is 2.38. The average molecular weight is 381 g/mol. The van der Waals surface area contributed by atoms with E-state index >= 15 is 0 Å². The number of esters is 2. The summed E-state index contributed by atoms with van der Waals surface area (Å²) in [5, 5.41) is 0.706. The first kappa shape index (κ1) is 19.6. The fourth-order valence-electron chi connectivity index (χ4n) is 3.36. The summed E-state index contributed by atoms with van der Waals surface area (Å²) in [5.41, 5.74) is 3.19. The summed E-state index contributed by atoms with van der Waals surface area (Å²) in [6.45, 7) is 4.05. The van der Waals surface area contributed by atoms with Gasteiger partial charge < -0.3 is 18.9 Å². The molecule has 0 saturated carbocycles. The number of carbonyl (C=O) groups excluding carboxylic acids is 2. The van der Waals surface area contributed by atoms with Gasteiger partial charge in [-0.3, -0.25) is 4.79 Å². The van der Waals surface area contributed by atoms with Crippen LogP contribution in [0.4, 0.5) is 0 Å². The molecule has 0 aliphatic heterocycles. The minimum absolute atomic E-state index is 0.286. The van der Waals surface area contributed by atoms with Gasteiger partial charge in [0.05, 0.1) is 37.5 Å². The molecule has 0 saturated heterocycles. The second kappa shape index (κ2) is 8.27. The summed E-state index contributed by atoms with van der Waals surface area (Å²) in [5.74, 6) is -0.379. The van der Waals surface area contributed by atoms with Crippen molar-refractivity contribution in [2.75, 3.05) is 20.7 Å². The number of hydrogen-bond acceptors (Lipinski definition) is 4. The van der Waals surface area contributed by atoms with E-state index in [4.69, 9.17) is 9.47 Å². The molecule has 0 atom stereocenters. The normalized spacial score (nSPS) is 11.0. The van der Waals surface area contributed by atoms with Gasteiger partial charge in [0, 0.05) is 18.0 Å². The van der Waals surface area contributed by atoms with Gasteiger partial charge in [-0.25, -0.2) is 4.79 Å². The number of ether oxygens (including phenoxy) is 2. The molecule has 0 fully saturated rings. The maximum absolute atomic E-state index is 12.9. The molecule has 0 aliphatic rings. The Morgan fingerprint density at radius 2 is 1.79 bits per heavy atom. The van der Waals surface area contributed by atoms with Crippen LogP contribution in [-0.2, 0) is 16.1 Å². The zero-order valence-electron chi connectivity index (χ0n) is 16.6. The van der Waals surface area contributed by atoms with E-state index in [-0.39, 0.29) is 12.6 Å². The van der Waals surface area contributed by atoms with E-state index in [2.05, 4.69) is 4.57 Å². The predicted molar refractivity (Wildman–Crippen MR) is 107 cm³/mol. The van der Waals surface area contributed by atoms with E-state index in [1.807, 2.05) is 50.5 Å². The zero-order valence-corrected chi connectivity index (χ0v) is 16.6. The molecular weight excluding hydrogens is 356 g/mol. The molecule has 0 unspecified atom stereocenters. The van der Waals surface area contributed by atoms with Crippen molar-refractivity contribution in [3.63, 3.8) is 0 Å². The third-order valence-electron chi connectivity index (χ3n) is 4.31. The Morgan fingerprint density at radius 1 is 1.07 bits per heavy atom. The van der Waals surface area contributed by atoms with Crippen LogP contribution < -0.4 is 9.64 Å². The molecule has 0 spiro atoms. The van der Waals surface area contributed by atoms with Gasteiger partial charge >= 0.3 is 11.9 Å². The van der Waals surface area contributed by atoms with Crippen molar-refractivity contribution < 1.29 is 24.0 Å². The molecule has 0 aliphatic carbocycles. The van der Waals surface area contributed by atoms with Crippen LogP contribution in [-0.4, -0.2) is 37.2 Å². The Kier molecular flexibility index (Phi) is 5.80. The number of benzene rings is 2. The summed E-state index contributed by atoms with van der Waals surface area (Å²) >= 11 is 0. The second-order valence-corrected chi connectivity index (χ2v) is 6.87. The van der Waals surface area contributed by atoms with E-state index < -0.39 is 5.97 Å². The first-order valence-corrected chi connectivity index (χ1v) is 9.29. The fraction of sp³-hybridized carbons (Fsp3) is 0.273. The summed E-state index contributed by atoms with van der Waals surface area (Å²) in [6, 6.07) is 15.2. The van der Waals surface area contributed by atoms with Gasteiger partial charge in [0.2, 0.25) is 0 Å². The summed E-state index contributed by atoms with van der Waals surface area (Å²) < 4.78 is 12.7. The molecule has 146 valence electrons. The minimum atomic E-state index is -0.405. The molecule has 0 bridgehead atoms. The summed E-state index contributed by atoms with van der Waals surface area (Å²) in [6.07, 6.45) is 0. The van der Waals surface area contributed by atoms with Crippen molar-refractivity contribution in [2.45, 2.75) is 20.4 Å². The highest BCUT2D eigenvalue weighted by molar-refractivity contribution is 6.07. The van der Waals surface area contributed by atoms with Crippen LogP contribution in [0.25, 0.3) is 16.6 Å². The third-order valence-corrected chi connectivity index (χ3v) is 4.31. The number of nitrogens with one attached hydrogen (secondary N) is 1. The lowest BCUT2D eigenvalue weighted by Crippen LogP contribution is -3.04. The molecule has 2 aromatic carbocycles. The van der Waals surface area contributed by atoms with Crippen LogP contribution in [0.1, 0.15) is 29.9 Å². The Bertz CT molecular complexity index is 1010. The van der Waals surface area contributed by atoms with Crippen molar-refractivity contribution in [3.8, 4) is 11.4 Å². The second-order valence-electron chi connectivity index (χ2n) is 6.87.